The standard InChI is InChI=1S/C15H18N4O2/c1-2-3-6-19-13-5-4-11(9-12(13)17-15(19)16)18-7-8-21-10-14(18)20/h2,4-5,9H,1,3,6-8,10H2,(H2,16,17). The van der Waals surface area contributed by atoms with Gasteiger partial charge in [0.25, 0.3) is 5.91 Å². The number of fused-ring (bicyclic) bond motifs is 1. The number of nitrogen functional groups attached to an aromatic ring is 1. The Hall–Kier alpha value is -2.34. The Balaban J connectivity index is 1.97. The Morgan fingerprint density at radius 1 is 1.48 bits per heavy atom. The van der Waals surface area contributed by atoms with E-state index in [2.05, 4.69) is 11.6 Å². The molecule has 1 aromatic heterocycles. The van der Waals surface area contributed by atoms with Crippen LogP contribution in [0, 0.1) is 0 Å². The van der Waals surface area contributed by atoms with Crippen LogP contribution in [0.4, 0.5) is 11.6 Å². The number of benzene rings is 1. The number of aryl methyl sites for hydroxylation is 1. The van der Waals surface area contributed by atoms with Crippen LogP contribution in [0.25, 0.3) is 11.0 Å². The van der Waals surface area contributed by atoms with E-state index >= 15 is 0 Å². The van der Waals surface area contributed by atoms with Crippen molar-refractivity contribution >= 4 is 28.6 Å². The van der Waals surface area contributed by atoms with E-state index in [0.717, 1.165) is 29.7 Å². The number of carbonyl (C=O) groups is 1. The van der Waals surface area contributed by atoms with E-state index in [1.165, 1.54) is 0 Å². The van der Waals surface area contributed by atoms with Crippen LogP contribution < -0.4 is 10.6 Å². The second-order valence-corrected chi connectivity index (χ2v) is 4.97. The molecule has 1 aromatic carbocycles. The zero-order valence-corrected chi connectivity index (χ0v) is 11.8. The number of morpholine rings is 1. The van der Waals surface area contributed by atoms with E-state index in [9.17, 15) is 4.79 Å². The number of hydrogen-bond acceptors (Lipinski definition) is 4. The lowest BCUT2D eigenvalue weighted by atomic mass is 10.2. The van der Waals surface area contributed by atoms with Gasteiger partial charge in [0.15, 0.2) is 0 Å². The molecule has 0 saturated carbocycles. The van der Waals surface area contributed by atoms with E-state index in [1.807, 2.05) is 28.8 Å². The van der Waals surface area contributed by atoms with Crippen LogP contribution in [-0.2, 0) is 16.1 Å². The summed E-state index contributed by atoms with van der Waals surface area (Å²) in [5.41, 5.74) is 8.57. The fourth-order valence-electron chi connectivity index (χ4n) is 2.55. The van der Waals surface area contributed by atoms with Gasteiger partial charge < -0.3 is 19.9 Å². The molecule has 110 valence electrons. The zero-order chi connectivity index (χ0) is 14.8. The van der Waals surface area contributed by atoms with Gasteiger partial charge in [0.1, 0.15) is 6.61 Å². The minimum Gasteiger partial charge on any atom is -0.370 e. The van der Waals surface area contributed by atoms with Crippen LogP contribution in [0.2, 0.25) is 0 Å². The second kappa shape index (κ2) is 5.57. The highest BCUT2D eigenvalue weighted by atomic mass is 16.5. The largest absolute Gasteiger partial charge is 0.370 e. The monoisotopic (exact) mass is 286 g/mol. The maximum atomic E-state index is 11.9. The molecule has 1 amide bonds. The number of nitrogens with two attached hydrogens (primary N) is 1. The van der Waals surface area contributed by atoms with Gasteiger partial charge in [0.2, 0.25) is 5.95 Å². The SMILES string of the molecule is C=CCCn1c(N)nc2cc(N3CCOCC3=O)ccc21. The second-order valence-electron chi connectivity index (χ2n) is 4.97. The molecule has 1 aliphatic heterocycles. The van der Waals surface area contributed by atoms with Gasteiger partial charge in [-0.2, -0.15) is 0 Å². The average Bonchev–Trinajstić information content (AvgIpc) is 2.80. The molecule has 1 aliphatic rings. The van der Waals surface area contributed by atoms with Crippen LogP contribution in [0.15, 0.2) is 30.9 Å². The Bertz CT molecular complexity index is 692. The first-order chi connectivity index (χ1) is 10.2. The molecule has 21 heavy (non-hydrogen) atoms. The summed E-state index contributed by atoms with van der Waals surface area (Å²) >= 11 is 0. The van der Waals surface area contributed by atoms with Crippen molar-refractivity contribution in [2.75, 3.05) is 30.4 Å². The topological polar surface area (TPSA) is 73.4 Å². The number of imidazole rings is 1. The summed E-state index contributed by atoms with van der Waals surface area (Å²) in [6, 6.07) is 5.79. The van der Waals surface area contributed by atoms with E-state index in [0.29, 0.717) is 19.1 Å². The van der Waals surface area contributed by atoms with E-state index in [-0.39, 0.29) is 12.5 Å². The highest BCUT2D eigenvalue weighted by molar-refractivity contribution is 5.96. The Labute approximate surface area is 122 Å². The molecule has 6 heteroatoms. The van der Waals surface area contributed by atoms with E-state index in [4.69, 9.17) is 10.5 Å². The molecule has 1 fully saturated rings. The van der Waals surface area contributed by atoms with E-state index < -0.39 is 0 Å². The maximum Gasteiger partial charge on any atom is 0.253 e. The molecule has 2 aromatic rings. The summed E-state index contributed by atoms with van der Waals surface area (Å²) in [4.78, 5) is 18.0. The van der Waals surface area contributed by atoms with Crippen LogP contribution in [-0.4, -0.2) is 35.2 Å². The molecule has 3 rings (SSSR count). The molecule has 0 bridgehead atoms. The quantitative estimate of drug-likeness (QED) is 0.866. The molecule has 2 N–H and O–H groups in total. The van der Waals surface area contributed by atoms with Crippen molar-refractivity contribution in [2.24, 2.45) is 0 Å². The summed E-state index contributed by atoms with van der Waals surface area (Å²) in [5.74, 6) is 0.456. The van der Waals surface area contributed by atoms with Crippen LogP contribution in [0.5, 0.6) is 0 Å². The normalized spacial score (nSPS) is 15.6. The summed E-state index contributed by atoms with van der Waals surface area (Å²) in [6.45, 7) is 5.73. The van der Waals surface area contributed by atoms with Crippen molar-refractivity contribution < 1.29 is 9.53 Å². The van der Waals surface area contributed by atoms with Crippen molar-refractivity contribution in [3.63, 3.8) is 0 Å². The Kier molecular flexibility index (Phi) is 3.62. The molecular weight excluding hydrogens is 268 g/mol. The summed E-state index contributed by atoms with van der Waals surface area (Å²) in [5, 5.41) is 0. The number of allylic oxidation sites excluding steroid dienone is 1. The number of hydrogen-bond donors (Lipinski definition) is 1. The van der Waals surface area contributed by atoms with Gasteiger partial charge in [-0.05, 0) is 24.6 Å². The number of nitrogens with zero attached hydrogens (tertiary/aromatic N) is 3. The van der Waals surface area contributed by atoms with Gasteiger partial charge in [0.05, 0.1) is 17.6 Å². The molecule has 0 aliphatic carbocycles. The van der Waals surface area contributed by atoms with Gasteiger partial charge in [-0.3, -0.25) is 4.79 Å². The smallest absolute Gasteiger partial charge is 0.253 e. The number of aromatic nitrogens is 2. The van der Waals surface area contributed by atoms with Gasteiger partial charge >= 0.3 is 0 Å². The predicted molar refractivity (Wildman–Crippen MR) is 82.1 cm³/mol. The number of ether oxygens (including phenoxy) is 1. The highest BCUT2D eigenvalue weighted by Gasteiger charge is 2.21. The molecule has 2 heterocycles. The third kappa shape index (κ3) is 2.50. The molecule has 0 unspecified atom stereocenters. The number of amides is 1. The highest BCUT2D eigenvalue weighted by Crippen LogP contribution is 2.25. The van der Waals surface area contributed by atoms with Crippen molar-refractivity contribution in [2.45, 2.75) is 13.0 Å². The lowest BCUT2D eigenvalue weighted by molar-refractivity contribution is -0.125. The molecular formula is C15H18N4O2. The third-order valence-electron chi connectivity index (χ3n) is 3.62. The van der Waals surface area contributed by atoms with Gasteiger partial charge in [0, 0.05) is 18.8 Å². The van der Waals surface area contributed by atoms with Crippen molar-refractivity contribution in [1.29, 1.82) is 0 Å². The maximum absolute atomic E-state index is 11.9. The van der Waals surface area contributed by atoms with Crippen molar-refractivity contribution in [3.8, 4) is 0 Å². The minimum absolute atomic E-state index is 0.0281. The first-order valence-electron chi connectivity index (χ1n) is 6.95. The first kappa shape index (κ1) is 13.6. The van der Waals surface area contributed by atoms with Crippen LogP contribution in [0.3, 0.4) is 0 Å². The molecule has 0 radical (unpaired) electrons. The summed E-state index contributed by atoms with van der Waals surface area (Å²) in [6.07, 6.45) is 2.69. The lowest BCUT2D eigenvalue weighted by Gasteiger charge is -2.26. The zero-order valence-electron chi connectivity index (χ0n) is 11.8. The average molecular weight is 286 g/mol. The molecule has 0 spiro atoms. The van der Waals surface area contributed by atoms with Crippen LogP contribution >= 0.6 is 0 Å². The van der Waals surface area contributed by atoms with Crippen LogP contribution in [0.1, 0.15) is 6.42 Å². The molecule has 6 nitrogen and oxygen atoms in total. The predicted octanol–water partition coefficient (Wildman–Crippen LogP) is 1.56. The summed E-state index contributed by atoms with van der Waals surface area (Å²) in [7, 11) is 0. The Morgan fingerprint density at radius 2 is 2.33 bits per heavy atom. The Morgan fingerprint density at radius 3 is 3.10 bits per heavy atom. The minimum atomic E-state index is -0.0281. The van der Waals surface area contributed by atoms with Gasteiger partial charge in [-0.1, -0.05) is 6.08 Å². The number of anilines is 2. The number of carbonyl (C=O) groups excluding carboxylic acids is 1. The first-order valence-corrected chi connectivity index (χ1v) is 6.95. The molecule has 1 saturated heterocycles. The fraction of sp³-hybridized carbons (Fsp3) is 0.333. The van der Waals surface area contributed by atoms with E-state index in [1.54, 1.807) is 4.90 Å². The van der Waals surface area contributed by atoms with Crippen molar-refractivity contribution in [3.05, 3.63) is 30.9 Å². The van der Waals surface area contributed by atoms with Gasteiger partial charge in [-0.15, -0.1) is 6.58 Å². The van der Waals surface area contributed by atoms with Gasteiger partial charge in [-0.25, -0.2) is 4.98 Å². The lowest BCUT2D eigenvalue weighted by Crippen LogP contribution is -2.41. The molecule has 0 atom stereocenters. The summed E-state index contributed by atoms with van der Waals surface area (Å²) < 4.78 is 7.11. The third-order valence-corrected chi connectivity index (χ3v) is 3.62. The fourth-order valence-corrected chi connectivity index (χ4v) is 2.55. The van der Waals surface area contributed by atoms with Crippen molar-refractivity contribution in [1.82, 2.24) is 9.55 Å². The number of rotatable bonds is 4.